The van der Waals surface area contributed by atoms with Crippen molar-refractivity contribution < 1.29 is 4.74 Å². The van der Waals surface area contributed by atoms with Crippen molar-refractivity contribution in [2.45, 2.75) is 32.4 Å². The number of hydrogen-bond acceptors (Lipinski definition) is 3. The number of rotatable bonds is 6. The summed E-state index contributed by atoms with van der Waals surface area (Å²) in [6, 6.07) is 12.4. The number of nitrogens with zero attached hydrogens (tertiary/aromatic N) is 1. The molecule has 2 aromatic rings. The molecule has 0 radical (unpaired) electrons. The lowest BCUT2D eigenvalue weighted by Crippen LogP contribution is -2.15. The first-order valence-electron chi connectivity index (χ1n) is 6.60. The van der Waals surface area contributed by atoms with Crippen LogP contribution in [0.4, 0.5) is 0 Å². The van der Waals surface area contributed by atoms with Crippen molar-refractivity contribution in [2.24, 2.45) is 5.73 Å². The van der Waals surface area contributed by atoms with Gasteiger partial charge in [0, 0.05) is 24.0 Å². The SMILES string of the molecule is CC(N)CCc1ccc(OCc2cccnc2)cc1. The van der Waals surface area contributed by atoms with Gasteiger partial charge in [-0.1, -0.05) is 18.2 Å². The third kappa shape index (κ3) is 4.72. The monoisotopic (exact) mass is 256 g/mol. The van der Waals surface area contributed by atoms with Crippen molar-refractivity contribution >= 4 is 0 Å². The Bertz CT molecular complexity index is 480. The summed E-state index contributed by atoms with van der Waals surface area (Å²) >= 11 is 0. The second-order valence-corrected chi connectivity index (χ2v) is 4.81. The van der Waals surface area contributed by atoms with Gasteiger partial charge in [0.1, 0.15) is 12.4 Å². The van der Waals surface area contributed by atoms with Gasteiger partial charge < -0.3 is 10.5 Å². The number of pyridine rings is 1. The summed E-state index contributed by atoms with van der Waals surface area (Å²) < 4.78 is 5.71. The third-order valence-corrected chi connectivity index (χ3v) is 2.94. The summed E-state index contributed by atoms with van der Waals surface area (Å²) in [6.07, 6.45) is 5.60. The van der Waals surface area contributed by atoms with Crippen LogP contribution in [-0.4, -0.2) is 11.0 Å². The summed E-state index contributed by atoms with van der Waals surface area (Å²) in [5.74, 6) is 0.883. The fourth-order valence-electron chi connectivity index (χ4n) is 1.80. The Morgan fingerprint density at radius 1 is 1.16 bits per heavy atom. The van der Waals surface area contributed by atoms with E-state index in [4.69, 9.17) is 10.5 Å². The van der Waals surface area contributed by atoms with Gasteiger partial charge in [0.2, 0.25) is 0 Å². The van der Waals surface area contributed by atoms with E-state index in [9.17, 15) is 0 Å². The van der Waals surface area contributed by atoms with Crippen molar-refractivity contribution in [1.82, 2.24) is 4.98 Å². The summed E-state index contributed by atoms with van der Waals surface area (Å²) in [5.41, 5.74) is 8.12. The van der Waals surface area contributed by atoms with Crippen molar-refractivity contribution in [3.8, 4) is 5.75 Å². The van der Waals surface area contributed by atoms with Crippen LogP contribution < -0.4 is 10.5 Å². The van der Waals surface area contributed by atoms with Crippen molar-refractivity contribution in [3.63, 3.8) is 0 Å². The van der Waals surface area contributed by atoms with E-state index in [0.29, 0.717) is 6.61 Å². The summed E-state index contributed by atoms with van der Waals surface area (Å²) in [5, 5.41) is 0. The molecule has 3 nitrogen and oxygen atoms in total. The van der Waals surface area contributed by atoms with Crippen LogP contribution in [-0.2, 0) is 13.0 Å². The number of hydrogen-bond donors (Lipinski definition) is 1. The topological polar surface area (TPSA) is 48.1 Å². The zero-order chi connectivity index (χ0) is 13.5. The fraction of sp³-hybridized carbons (Fsp3) is 0.312. The molecule has 0 spiro atoms. The van der Waals surface area contributed by atoms with E-state index in [-0.39, 0.29) is 6.04 Å². The van der Waals surface area contributed by atoms with Gasteiger partial charge in [-0.05, 0) is 43.5 Å². The Balaban J connectivity index is 1.85. The molecule has 100 valence electrons. The highest BCUT2D eigenvalue weighted by atomic mass is 16.5. The van der Waals surface area contributed by atoms with E-state index in [1.165, 1.54) is 5.56 Å². The van der Waals surface area contributed by atoms with Gasteiger partial charge in [0.05, 0.1) is 0 Å². The van der Waals surface area contributed by atoms with Gasteiger partial charge in [-0.15, -0.1) is 0 Å². The molecular weight excluding hydrogens is 236 g/mol. The van der Waals surface area contributed by atoms with Gasteiger partial charge in [0.25, 0.3) is 0 Å². The molecule has 0 aliphatic rings. The molecule has 0 saturated carbocycles. The largest absolute Gasteiger partial charge is 0.489 e. The summed E-state index contributed by atoms with van der Waals surface area (Å²) in [4.78, 5) is 4.06. The molecule has 1 aromatic heterocycles. The van der Waals surface area contributed by atoms with Gasteiger partial charge in [-0.3, -0.25) is 4.98 Å². The minimum absolute atomic E-state index is 0.251. The molecule has 2 N–H and O–H groups in total. The van der Waals surface area contributed by atoms with Gasteiger partial charge in [-0.2, -0.15) is 0 Å². The zero-order valence-electron chi connectivity index (χ0n) is 11.3. The van der Waals surface area contributed by atoms with Gasteiger partial charge >= 0.3 is 0 Å². The normalized spacial score (nSPS) is 12.1. The molecule has 0 saturated heterocycles. The minimum Gasteiger partial charge on any atom is -0.489 e. The van der Waals surface area contributed by atoms with Crippen LogP contribution in [0.2, 0.25) is 0 Å². The van der Waals surface area contributed by atoms with Gasteiger partial charge in [-0.25, -0.2) is 0 Å². The first-order valence-corrected chi connectivity index (χ1v) is 6.60. The van der Waals surface area contributed by atoms with Crippen LogP contribution >= 0.6 is 0 Å². The lowest BCUT2D eigenvalue weighted by Gasteiger charge is -2.08. The summed E-state index contributed by atoms with van der Waals surface area (Å²) in [6.45, 7) is 2.58. The van der Waals surface area contributed by atoms with Crippen LogP contribution in [0.15, 0.2) is 48.8 Å². The Hall–Kier alpha value is -1.87. The zero-order valence-corrected chi connectivity index (χ0v) is 11.3. The quantitative estimate of drug-likeness (QED) is 0.864. The molecule has 2 rings (SSSR count). The molecule has 0 fully saturated rings. The Kier molecular flexibility index (Phi) is 4.93. The Morgan fingerprint density at radius 3 is 2.58 bits per heavy atom. The Labute approximate surface area is 114 Å². The van der Waals surface area contributed by atoms with Crippen LogP contribution in [0.25, 0.3) is 0 Å². The first kappa shape index (κ1) is 13.6. The molecule has 1 heterocycles. The lowest BCUT2D eigenvalue weighted by atomic mass is 10.1. The van der Waals surface area contributed by atoms with Crippen molar-refractivity contribution in [1.29, 1.82) is 0 Å². The van der Waals surface area contributed by atoms with E-state index in [1.54, 1.807) is 6.20 Å². The number of ether oxygens (including phenoxy) is 1. The molecule has 1 aromatic carbocycles. The lowest BCUT2D eigenvalue weighted by molar-refractivity contribution is 0.305. The molecule has 19 heavy (non-hydrogen) atoms. The summed E-state index contributed by atoms with van der Waals surface area (Å²) in [7, 11) is 0. The van der Waals surface area contributed by atoms with Crippen LogP contribution in [0.5, 0.6) is 5.75 Å². The number of nitrogens with two attached hydrogens (primary N) is 1. The second-order valence-electron chi connectivity index (χ2n) is 4.81. The van der Waals surface area contributed by atoms with Crippen LogP contribution in [0.3, 0.4) is 0 Å². The molecule has 1 unspecified atom stereocenters. The molecule has 1 atom stereocenters. The minimum atomic E-state index is 0.251. The highest BCUT2D eigenvalue weighted by Gasteiger charge is 1.99. The molecule has 3 heteroatoms. The number of aryl methyl sites for hydroxylation is 1. The second kappa shape index (κ2) is 6.90. The van der Waals surface area contributed by atoms with Crippen molar-refractivity contribution in [2.75, 3.05) is 0 Å². The average molecular weight is 256 g/mol. The van der Waals surface area contributed by atoms with Crippen LogP contribution in [0, 0.1) is 0 Å². The number of aromatic nitrogens is 1. The predicted molar refractivity (Wildman–Crippen MR) is 77.0 cm³/mol. The van der Waals surface area contributed by atoms with Crippen molar-refractivity contribution in [3.05, 3.63) is 59.9 Å². The molecule has 0 amide bonds. The Morgan fingerprint density at radius 2 is 1.95 bits per heavy atom. The standard InChI is InChI=1S/C16H20N2O/c1-13(17)4-5-14-6-8-16(9-7-14)19-12-15-3-2-10-18-11-15/h2-3,6-11,13H,4-5,12,17H2,1H3. The highest BCUT2D eigenvalue weighted by molar-refractivity contribution is 5.27. The third-order valence-electron chi connectivity index (χ3n) is 2.94. The van der Waals surface area contributed by atoms with E-state index in [1.807, 2.05) is 37.4 Å². The van der Waals surface area contributed by atoms with E-state index in [2.05, 4.69) is 17.1 Å². The maximum atomic E-state index is 5.75. The highest BCUT2D eigenvalue weighted by Crippen LogP contribution is 2.15. The molecule has 0 bridgehead atoms. The van der Waals surface area contributed by atoms with Gasteiger partial charge in [0.15, 0.2) is 0 Å². The maximum absolute atomic E-state index is 5.75. The fourth-order valence-corrected chi connectivity index (χ4v) is 1.80. The average Bonchev–Trinajstić information content (AvgIpc) is 2.45. The molecule has 0 aliphatic carbocycles. The van der Waals surface area contributed by atoms with E-state index in [0.717, 1.165) is 24.2 Å². The predicted octanol–water partition coefficient (Wildman–Crippen LogP) is 2.94. The first-order chi connectivity index (χ1) is 9.24. The van der Waals surface area contributed by atoms with E-state index >= 15 is 0 Å². The maximum Gasteiger partial charge on any atom is 0.119 e. The molecule has 0 aliphatic heterocycles. The van der Waals surface area contributed by atoms with E-state index < -0.39 is 0 Å². The molecular formula is C16H20N2O. The smallest absolute Gasteiger partial charge is 0.119 e. The van der Waals surface area contributed by atoms with Crippen LogP contribution in [0.1, 0.15) is 24.5 Å². The number of benzene rings is 1.